The van der Waals surface area contributed by atoms with Crippen molar-refractivity contribution in [2.45, 2.75) is 52.9 Å². The number of fused-ring (bicyclic) bond motifs is 3. The monoisotopic (exact) mass is 325 g/mol. The lowest BCUT2D eigenvalue weighted by Crippen LogP contribution is -2.01. The summed E-state index contributed by atoms with van der Waals surface area (Å²) in [6.07, 6.45) is 0.154. The lowest BCUT2D eigenvalue weighted by Gasteiger charge is -2.10. The first-order valence-electron chi connectivity index (χ1n) is 8.80. The van der Waals surface area contributed by atoms with Crippen LogP contribution in [0.15, 0.2) is 36.4 Å². The second kappa shape index (κ2) is 6.58. The Kier molecular flexibility index (Phi) is 4.66. The third kappa shape index (κ3) is 3.06. The van der Waals surface area contributed by atoms with Gasteiger partial charge in [-0.3, -0.25) is 0 Å². The highest BCUT2D eigenvalue weighted by atomic mass is 16.3. The second-order valence-corrected chi connectivity index (χ2v) is 7.24. The van der Waals surface area contributed by atoms with Gasteiger partial charge in [-0.25, -0.2) is 0 Å². The predicted octanol–water partition coefficient (Wildman–Crippen LogP) is 4.95. The molecule has 0 bridgehead atoms. The van der Waals surface area contributed by atoms with E-state index in [1.165, 1.54) is 11.0 Å². The van der Waals surface area contributed by atoms with E-state index in [0.717, 1.165) is 34.9 Å². The third-order valence-electron chi connectivity index (χ3n) is 4.81. The number of nitrogens with zero attached hydrogens (tertiary/aromatic N) is 1. The summed E-state index contributed by atoms with van der Waals surface area (Å²) in [4.78, 5) is 0. The standard InChI is InChI=1S/C21H27NO2/c1-13(2)9-10-22-20-7-5-16(14(3)23)11-18(20)19-12-17(15(4)24)6-8-21(19)22/h5-8,11-15,23-24H,9-10H2,1-4H3/t14-,15-/m1/s1. The van der Waals surface area contributed by atoms with Crippen LogP contribution in [0.5, 0.6) is 0 Å². The van der Waals surface area contributed by atoms with Crippen LogP contribution in [0.3, 0.4) is 0 Å². The number of rotatable bonds is 5. The summed E-state index contributed by atoms with van der Waals surface area (Å²) in [6.45, 7) is 9.04. The predicted molar refractivity (Wildman–Crippen MR) is 100 cm³/mol. The van der Waals surface area contributed by atoms with Gasteiger partial charge >= 0.3 is 0 Å². The average Bonchev–Trinajstić information content (AvgIpc) is 2.85. The van der Waals surface area contributed by atoms with Gasteiger partial charge in [-0.1, -0.05) is 26.0 Å². The zero-order chi connectivity index (χ0) is 17.4. The first-order chi connectivity index (χ1) is 11.4. The number of aliphatic hydroxyl groups excluding tert-OH is 2. The summed E-state index contributed by atoms with van der Waals surface area (Å²) in [5.74, 6) is 0.644. The van der Waals surface area contributed by atoms with E-state index in [2.05, 4.69) is 42.7 Å². The zero-order valence-corrected chi connectivity index (χ0v) is 15.0. The summed E-state index contributed by atoms with van der Waals surface area (Å²) in [6, 6.07) is 12.4. The van der Waals surface area contributed by atoms with Gasteiger partial charge in [0.1, 0.15) is 0 Å². The average molecular weight is 325 g/mol. The number of aliphatic hydroxyl groups is 2. The van der Waals surface area contributed by atoms with Crippen LogP contribution in [-0.2, 0) is 6.54 Å². The van der Waals surface area contributed by atoms with Crippen LogP contribution in [0.25, 0.3) is 21.8 Å². The Morgan fingerprint density at radius 2 is 1.25 bits per heavy atom. The molecule has 0 unspecified atom stereocenters. The maximum absolute atomic E-state index is 9.93. The van der Waals surface area contributed by atoms with Crippen molar-refractivity contribution in [1.82, 2.24) is 4.57 Å². The molecule has 0 spiro atoms. The molecular formula is C21H27NO2. The maximum atomic E-state index is 9.93. The van der Waals surface area contributed by atoms with Gasteiger partial charge in [-0.2, -0.15) is 0 Å². The van der Waals surface area contributed by atoms with Crippen molar-refractivity contribution in [2.24, 2.45) is 5.92 Å². The molecule has 1 aromatic heterocycles. The van der Waals surface area contributed by atoms with E-state index in [0.29, 0.717) is 5.92 Å². The Bertz CT molecular complexity index is 794. The minimum absolute atomic E-state index is 0.483. The molecule has 3 nitrogen and oxygen atoms in total. The summed E-state index contributed by atoms with van der Waals surface area (Å²) in [7, 11) is 0. The molecule has 2 atom stereocenters. The van der Waals surface area contributed by atoms with Crippen LogP contribution in [0.4, 0.5) is 0 Å². The van der Waals surface area contributed by atoms with E-state index >= 15 is 0 Å². The minimum Gasteiger partial charge on any atom is -0.389 e. The number of benzene rings is 2. The van der Waals surface area contributed by atoms with Crippen LogP contribution >= 0.6 is 0 Å². The molecule has 3 rings (SSSR count). The molecule has 128 valence electrons. The fraction of sp³-hybridized carbons (Fsp3) is 0.429. The molecule has 3 aromatic rings. The van der Waals surface area contributed by atoms with Crippen molar-refractivity contribution < 1.29 is 10.2 Å². The largest absolute Gasteiger partial charge is 0.389 e. The van der Waals surface area contributed by atoms with Gasteiger partial charge in [0.05, 0.1) is 12.2 Å². The van der Waals surface area contributed by atoms with Crippen molar-refractivity contribution in [3.63, 3.8) is 0 Å². The number of hydrogen-bond acceptors (Lipinski definition) is 2. The highest BCUT2D eigenvalue weighted by Crippen LogP contribution is 2.33. The molecule has 0 saturated carbocycles. The van der Waals surface area contributed by atoms with Crippen molar-refractivity contribution in [1.29, 1.82) is 0 Å². The van der Waals surface area contributed by atoms with E-state index in [9.17, 15) is 10.2 Å². The number of hydrogen-bond donors (Lipinski definition) is 2. The molecular weight excluding hydrogens is 298 g/mol. The first kappa shape index (κ1) is 17.0. The highest BCUT2D eigenvalue weighted by molar-refractivity contribution is 6.08. The van der Waals surface area contributed by atoms with Gasteiger partial charge in [-0.05, 0) is 61.6 Å². The summed E-state index contributed by atoms with van der Waals surface area (Å²) >= 11 is 0. The molecule has 1 heterocycles. The molecule has 24 heavy (non-hydrogen) atoms. The quantitative estimate of drug-likeness (QED) is 0.697. The Labute approximate surface area is 143 Å². The third-order valence-corrected chi connectivity index (χ3v) is 4.81. The van der Waals surface area contributed by atoms with Crippen molar-refractivity contribution in [2.75, 3.05) is 0 Å². The van der Waals surface area contributed by atoms with E-state index in [1.54, 1.807) is 13.8 Å². The molecule has 3 heteroatoms. The van der Waals surface area contributed by atoms with Gasteiger partial charge in [0, 0.05) is 28.4 Å². The van der Waals surface area contributed by atoms with Crippen LogP contribution in [0.2, 0.25) is 0 Å². The molecule has 2 aromatic carbocycles. The molecule has 0 fully saturated rings. The van der Waals surface area contributed by atoms with Crippen molar-refractivity contribution in [3.05, 3.63) is 47.5 Å². The van der Waals surface area contributed by atoms with Gasteiger partial charge in [0.25, 0.3) is 0 Å². The van der Waals surface area contributed by atoms with Crippen LogP contribution in [0.1, 0.15) is 57.5 Å². The molecule has 0 aliphatic carbocycles. The van der Waals surface area contributed by atoms with Crippen LogP contribution in [0, 0.1) is 5.92 Å². The maximum Gasteiger partial charge on any atom is 0.0762 e. The highest BCUT2D eigenvalue weighted by Gasteiger charge is 2.14. The lowest BCUT2D eigenvalue weighted by atomic mass is 10.0. The number of aromatic nitrogens is 1. The normalized spacial score (nSPS) is 14.6. The second-order valence-electron chi connectivity index (χ2n) is 7.24. The first-order valence-corrected chi connectivity index (χ1v) is 8.80. The van der Waals surface area contributed by atoms with Crippen molar-refractivity contribution >= 4 is 21.8 Å². The van der Waals surface area contributed by atoms with Gasteiger partial charge < -0.3 is 14.8 Å². The molecule has 0 saturated heterocycles. The summed E-state index contributed by atoms with van der Waals surface area (Å²) in [5, 5.41) is 22.2. The molecule has 2 N–H and O–H groups in total. The van der Waals surface area contributed by atoms with Crippen LogP contribution < -0.4 is 0 Å². The van der Waals surface area contributed by atoms with E-state index in [-0.39, 0.29) is 0 Å². The van der Waals surface area contributed by atoms with Crippen LogP contribution in [-0.4, -0.2) is 14.8 Å². The van der Waals surface area contributed by atoms with E-state index < -0.39 is 12.2 Å². The van der Waals surface area contributed by atoms with E-state index in [1.807, 2.05) is 12.1 Å². The SMILES string of the molecule is CC(C)CCn1c2ccc([C@@H](C)O)cc2c2cc([C@@H](C)O)ccc21. The molecule has 0 aliphatic heterocycles. The van der Waals surface area contributed by atoms with E-state index in [4.69, 9.17) is 0 Å². The lowest BCUT2D eigenvalue weighted by molar-refractivity contribution is 0.199. The molecule has 0 radical (unpaired) electrons. The Morgan fingerprint density at radius 1 is 0.792 bits per heavy atom. The Balaban J connectivity index is 2.27. The summed E-state index contributed by atoms with van der Waals surface area (Å²) < 4.78 is 2.36. The van der Waals surface area contributed by atoms with Crippen molar-refractivity contribution in [3.8, 4) is 0 Å². The fourth-order valence-electron chi connectivity index (χ4n) is 3.29. The minimum atomic E-state index is -0.483. The van der Waals surface area contributed by atoms with Gasteiger partial charge in [0.2, 0.25) is 0 Å². The van der Waals surface area contributed by atoms with Gasteiger partial charge in [0.15, 0.2) is 0 Å². The smallest absolute Gasteiger partial charge is 0.0762 e. The fourth-order valence-corrected chi connectivity index (χ4v) is 3.29. The zero-order valence-electron chi connectivity index (χ0n) is 15.0. The van der Waals surface area contributed by atoms with Gasteiger partial charge in [-0.15, -0.1) is 0 Å². The summed E-state index contributed by atoms with van der Waals surface area (Å²) in [5.41, 5.74) is 4.23. The molecule has 0 aliphatic rings. The Morgan fingerprint density at radius 3 is 1.62 bits per heavy atom. The number of aryl methyl sites for hydroxylation is 1. The Hall–Kier alpha value is -1.84. The molecule has 0 amide bonds. The topological polar surface area (TPSA) is 45.4 Å².